The van der Waals surface area contributed by atoms with Crippen molar-refractivity contribution in [2.24, 2.45) is 0 Å². The molecule has 2 nitrogen and oxygen atoms in total. The third-order valence-corrected chi connectivity index (χ3v) is 1.85. The van der Waals surface area contributed by atoms with Gasteiger partial charge in [0.25, 0.3) is 0 Å². The summed E-state index contributed by atoms with van der Waals surface area (Å²) in [6.07, 6.45) is 1.37. The Morgan fingerprint density at radius 3 is 2.77 bits per heavy atom. The lowest BCUT2D eigenvalue weighted by atomic mass is 10.3. The van der Waals surface area contributed by atoms with Crippen LogP contribution in [0.2, 0.25) is 5.15 Å². The topological polar surface area (TPSA) is 22.1 Å². The van der Waals surface area contributed by atoms with Gasteiger partial charge < -0.3 is 4.74 Å². The van der Waals surface area contributed by atoms with Crippen LogP contribution in [-0.4, -0.2) is 11.6 Å². The molecule has 1 heterocycles. The summed E-state index contributed by atoms with van der Waals surface area (Å²) in [5.41, 5.74) is 0.391. The third-order valence-electron chi connectivity index (χ3n) is 1.29. The van der Waals surface area contributed by atoms with E-state index in [1.165, 1.54) is 12.3 Å². The molecule has 0 radical (unpaired) electrons. The molecular weight excluding hydrogens is 223 g/mol. The van der Waals surface area contributed by atoms with Gasteiger partial charge in [0.2, 0.25) is 0 Å². The van der Waals surface area contributed by atoms with E-state index in [4.69, 9.17) is 23.2 Å². The molecule has 0 aliphatic carbocycles. The molecule has 72 valence electrons. The predicted octanol–water partition coefficient (Wildman–Crippen LogP) is 3.08. The van der Waals surface area contributed by atoms with E-state index in [1.807, 2.05) is 0 Å². The number of nitrogens with zero attached hydrogens (tertiary/aromatic N) is 1. The molecule has 0 aliphatic rings. The molecular formula is C7H5Cl2F2NO. The zero-order valence-corrected chi connectivity index (χ0v) is 7.82. The summed E-state index contributed by atoms with van der Waals surface area (Å²) >= 11 is 11.0. The van der Waals surface area contributed by atoms with Crippen molar-refractivity contribution < 1.29 is 13.5 Å². The van der Waals surface area contributed by atoms with Gasteiger partial charge in [-0.1, -0.05) is 11.6 Å². The van der Waals surface area contributed by atoms with Gasteiger partial charge in [0.15, 0.2) is 10.9 Å². The first kappa shape index (κ1) is 10.5. The third kappa shape index (κ3) is 2.67. The maximum Gasteiger partial charge on any atom is 0.387 e. The first-order valence-corrected chi connectivity index (χ1v) is 4.20. The Morgan fingerprint density at radius 1 is 1.54 bits per heavy atom. The van der Waals surface area contributed by atoms with Gasteiger partial charge in [0.1, 0.15) is 0 Å². The Bertz CT molecular complexity index is 296. The fourth-order valence-electron chi connectivity index (χ4n) is 0.778. The monoisotopic (exact) mass is 227 g/mol. The van der Waals surface area contributed by atoms with Crippen LogP contribution in [0.1, 0.15) is 5.56 Å². The van der Waals surface area contributed by atoms with Gasteiger partial charge >= 0.3 is 6.61 Å². The van der Waals surface area contributed by atoms with Crippen LogP contribution >= 0.6 is 23.2 Å². The Labute approximate surface area is 83.4 Å². The van der Waals surface area contributed by atoms with Crippen LogP contribution in [0.3, 0.4) is 0 Å². The molecule has 0 unspecified atom stereocenters. The number of ether oxygens (including phenoxy) is 1. The number of hydrogen-bond donors (Lipinski definition) is 0. The summed E-state index contributed by atoms with van der Waals surface area (Å²) in [5, 5.41) is -0.113. The minimum atomic E-state index is -2.93. The molecule has 0 aliphatic heterocycles. The van der Waals surface area contributed by atoms with E-state index < -0.39 is 6.61 Å². The highest BCUT2D eigenvalue weighted by molar-refractivity contribution is 6.31. The quantitative estimate of drug-likeness (QED) is 0.585. The maximum absolute atomic E-state index is 11.9. The number of hydrogen-bond acceptors (Lipinski definition) is 2. The minimum Gasteiger partial charge on any atom is -0.431 e. The lowest BCUT2D eigenvalue weighted by Gasteiger charge is -2.08. The van der Waals surface area contributed by atoms with Crippen molar-refractivity contribution >= 4 is 23.2 Å². The number of alkyl halides is 3. The molecule has 13 heavy (non-hydrogen) atoms. The normalized spacial score (nSPS) is 10.5. The lowest BCUT2D eigenvalue weighted by Crippen LogP contribution is -2.05. The summed E-state index contributed by atoms with van der Waals surface area (Å²) in [7, 11) is 0. The molecule has 1 aromatic heterocycles. The Morgan fingerprint density at radius 2 is 2.23 bits per heavy atom. The van der Waals surface area contributed by atoms with Crippen molar-refractivity contribution in [3.05, 3.63) is 23.0 Å². The van der Waals surface area contributed by atoms with Crippen molar-refractivity contribution in [2.75, 3.05) is 0 Å². The van der Waals surface area contributed by atoms with Crippen LogP contribution in [0.25, 0.3) is 0 Å². The number of aromatic nitrogens is 1. The fraction of sp³-hybridized carbons (Fsp3) is 0.286. The van der Waals surface area contributed by atoms with Crippen LogP contribution in [0, 0.1) is 0 Å². The zero-order valence-electron chi connectivity index (χ0n) is 6.31. The summed E-state index contributed by atoms with van der Waals surface area (Å²) in [6.45, 7) is -2.93. The molecule has 0 bridgehead atoms. The van der Waals surface area contributed by atoms with Gasteiger partial charge in [-0.05, 0) is 6.07 Å². The smallest absolute Gasteiger partial charge is 0.387 e. The standard InChI is InChI=1S/C7H5Cl2F2NO/c8-3-4-1-2-12-6(9)5(4)13-7(10)11/h1-2,7H,3H2. The maximum atomic E-state index is 11.9. The zero-order chi connectivity index (χ0) is 9.84. The molecule has 0 saturated heterocycles. The Kier molecular flexibility index (Phi) is 3.69. The molecule has 0 fully saturated rings. The van der Waals surface area contributed by atoms with E-state index in [0.717, 1.165) is 0 Å². The summed E-state index contributed by atoms with van der Waals surface area (Å²) in [5.74, 6) is -0.112. The second kappa shape index (κ2) is 4.58. The first-order valence-electron chi connectivity index (χ1n) is 3.29. The summed E-state index contributed by atoms with van der Waals surface area (Å²) in [4.78, 5) is 3.59. The second-order valence-corrected chi connectivity index (χ2v) is 2.73. The minimum absolute atomic E-state index is 0.0459. The molecule has 0 aromatic carbocycles. The number of pyridine rings is 1. The average Bonchev–Trinajstić information content (AvgIpc) is 2.08. The van der Waals surface area contributed by atoms with Crippen LogP contribution in [0.5, 0.6) is 5.75 Å². The van der Waals surface area contributed by atoms with Gasteiger partial charge in [-0.2, -0.15) is 8.78 Å². The first-order chi connectivity index (χ1) is 6.15. The molecule has 1 rings (SSSR count). The molecule has 1 aromatic rings. The van der Waals surface area contributed by atoms with E-state index >= 15 is 0 Å². The highest BCUT2D eigenvalue weighted by atomic mass is 35.5. The van der Waals surface area contributed by atoms with Gasteiger partial charge in [0.05, 0.1) is 5.88 Å². The van der Waals surface area contributed by atoms with Crippen LogP contribution in [0.4, 0.5) is 8.78 Å². The van der Waals surface area contributed by atoms with Crippen molar-refractivity contribution in [2.45, 2.75) is 12.5 Å². The van der Waals surface area contributed by atoms with Crippen LogP contribution in [-0.2, 0) is 5.88 Å². The van der Waals surface area contributed by atoms with Crippen LogP contribution in [0.15, 0.2) is 12.3 Å². The summed E-state index contributed by atoms with van der Waals surface area (Å²) < 4.78 is 27.9. The summed E-state index contributed by atoms with van der Waals surface area (Å²) in [6, 6.07) is 1.47. The average molecular weight is 228 g/mol. The van der Waals surface area contributed by atoms with E-state index in [0.29, 0.717) is 5.56 Å². The van der Waals surface area contributed by atoms with Crippen molar-refractivity contribution in [3.8, 4) is 5.75 Å². The highest BCUT2D eigenvalue weighted by Gasteiger charge is 2.13. The molecule has 0 amide bonds. The SMILES string of the molecule is FC(F)Oc1c(CCl)ccnc1Cl. The van der Waals surface area contributed by atoms with E-state index in [9.17, 15) is 8.78 Å². The van der Waals surface area contributed by atoms with Crippen molar-refractivity contribution in [3.63, 3.8) is 0 Å². The van der Waals surface area contributed by atoms with Crippen molar-refractivity contribution in [1.29, 1.82) is 0 Å². The largest absolute Gasteiger partial charge is 0.431 e. The fourth-order valence-corrected chi connectivity index (χ4v) is 1.21. The van der Waals surface area contributed by atoms with E-state index in [-0.39, 0.29) is 16.8 Å². The van der Waals surface area contributed by atoms with E-state index in [1.54, 1.807) is 0 Å². The predicted molar refractivity (Wildman–Crippen MR) is 45.4 cm³/mol. The second-order valence-electron chi connectivity index (χ2n) is 2.10. The van der Waals surface area contributed by atoms with Gasteiger partial charge in [-0.15, -0.1) is 11.6 Å². The Balaban J connectivity index is 3.00. The van der Waals surface area contributed by atoms with Crippen molar-refractivity contribution in [1.82, 2.24) is 4.98 Å². The van der Waals surface area contributed by atoms with Gasteiger partial charge in [0, 0.05) is 11.8 Å². The number of rotatable bonds is 3. The van der Waals surface area contributed by atoms with Gasteiger partial charge in [-0.3, -0.25) is 0 Å². The van der Waals surface area contributed by atoms with E-state index in [2.05, 4.69) is 9.72 Å². The Hall–Kier alpha value is -0.610. The van der Waals surface area contributed by atoms with Gasteiger partial charge in [-0.25, -0.2) is 4.98 Å². The molecule has 0 saturated carbocycles. The molecule has 0 N–H and O–H groups in total. The van der Waals surface area contributed by atoms with Crippen LogP contribution < -0.4 is 4.74 Å². The molecule has 0 atom stereocenters. The number of halogens is 4. The highest BCUT2D eigenvalue weighted by Crippen LogP contribution is 2.28. The molecule has 6 heteroatoms. The lowest BCUT2D eigenvalue weighted by molar-refractivity contribution is -0.0505. The molecule has 0 spiro atoms.